The van der Waals surface area contributed by atoms with Crippen molar-refractivity contribution in [2.24, 2.45) is 0 Å². The molecule has 0 aliphatic rings. The van der Waals surface area contributed by atoms with Gasteiger partial charge in [0.05, 0.1) is 16.8 Å². The molecule has 1 aromatic heterocycles. The van der Waals surface area contributed by atoms with Crippen LogP contribution >= 0.6 is 0 Å². The molecule has 1 amide bonds. The van der Waals surface area contributed by atoms with E-state index in [4.69, 9.17) is 9.84 Å². The second kappa shape index (κ2) is 6.78. The van der Waals surface area contributed by atoms with Gasteiger partial charge in [0, 0.05) is 11.6 Å². The van der Waals surface area contributed by atoms with Gasteiger partial charge in [0.2, 0.25) is 0 Å². The van der Waals surface area contributed by atoms with E-state index < -0.39 is 12.1 Å². The summed E-state index contributed by atoms with van der Waals surface area (Å²) in [5.41, 5.74) is 1.93. The number of nitrogens with zero attached hydrogens (tertiary/aromatic N) is 1. The van der Waals surface area contributed by atoms with Gasteiger partial charge in [-0.25, -0.2) is 9.59 Å². The number of benzene rings is 2. The van der Waals surface area contributed by atoms with Crippen LogP contribution in [0.4, 0.5) is 10.5 Å². The zero-order chi connectivity index (χ0) is 16.9. The lowest BCUT2D eigenvalue weighted by molar-refractivity contribution is 0.0696. The fraction of sp³-hybridized carbons (Fsp3) is 0.0556. The molecule has 2 aromatic carbocycles. The maximum absolute atomic E-state index is 11.9. The summed E-state index contributed by atoms with van der Waals surface area (Å²) in [6, 6.07) is 16.0. The molecule has 6 nitrogen and oxygen atoms in total. The van der Waals surface area contributed by atoms with E-state index in [9.17, 15) is 9.59 Å². The highest BCUT2D eigenvalue weighted by molar-refractivity contribution is 6.00. The zero-order valence-electron chi connectivity index (χ0n) is 12.6. The first-order valence-corrected chi connectivity index (χ1v) is 7.23. The Morgan fingerprint density at radius 1 is 1.08 bits per heavy atom. The number of hydrogen-bond acceptors (Lipinski definition) is 4. The number of nitrogens with one attached hydrogen (secondary N) is 1. The van der Waals surface area contributed by atoms with Crippen molar-refractivity contribution in [2.45, 2.75) is 6.61 Å². The minimum atomic E-state index is -1.05. The third kappa shape index (κ3) is 3.49. The number of carbonyl (C=O) groups is 2. The number of amides is 1. The van der Waals surface area contributed by atoms with E-state index in [1.54, 1.807) is 18.2 Å². The molecule has 0 unspecified atom stereocenters. The Bertz CT molecular complexity index is 894. The number of carbonyl (C=O) groups excluding carboxylic acids is 1. The lowest BCUT2D eigenvalue weighted by Crippen LogP contribution is -2.14. The van der Waals surface area contributed by atoms with Crippen molar-refractivity contribution in [1.82, 2.24) is 4.98 Å². The number of fused-ring (bicyclic) bond motifs is 1. The smallest absolute Gasteiger partial charge is 0.412 e. The van der Waals surface area contributed by atoms with Crippen molar-refractivity contribution in [3.63, 3.8) is 0 Å². The van der Waals surface area contributed by atoms with Crippen LogP contribution in [0.3, 0.4) is 0 Å². The number of aromatic carboxylic acids is 1. The van der Waals surface area contributed by atoms with Gasteiger partial charge in [-0.1, -0.05) is 42.5 Å². The number of ether oxygens (including phenoxy) is 1. The van der Waals surface area contributed by atoms with E-state index >= 15 is 0 Å². The van der Waals surface area contributed by atoms with Crippen molar-refractivity contribution < 1.29 is 19.4 Å². The third-order valence-corrected chi connectivity index (χ3v) is 3.41. The van der Waals surface area contributed by atoms with Crippen LogP contribution in [0.15, 0.2) is 60.8 Å². The molecule has 0 aliphatic carbocycles. The molecule has 6 heteroatoms. The summed E-state index contributed by atoms with van der Waals surface area (Å²) in [6.45, 7) is 0.161. The summed E-state index contributed by atoms with van der Waals surface area (Å²) >= 11 is 0. The van der Waals surface area contributed by atoms with Crippen LogP contribution in [0.5, 0.6) is 0 Å². The molecule has 3 aromatic rings. The van der Waals surface area contributed by atoms with Crippen molar-refractivity contribution in [3.05, 3.63) is 71.9 Å². The minimum absolute atomic E-state index is 0.0892. The van der Waals surface area contributed by atoms with Crippen LogP contribution in [0.25, 0.3) is 10.9 Å². The number of pyridine rings is 1. The average Bonchev–Trinajstić information content (AvgIpc) is 2.60. The molecule has 0 saturated carbocycles. The monoisotopic (exact) mass is 322 g/mol. The van der Waals surface area contributed by atoms with Gasteiger partial charge in [0.15, 0.2) is 0 Å². The molecule has 0 bridgehead atoms. The van der Waals surface area contributed by atoms with Crippen LogP contribution in [0.1, 0.15) is 15.9 Å². The maximum Gasteiger partial charge on any atom is 0.412 e. The highest BCUT2D eigenvalue weighted by Gasteiger charge is 2.10. The normalized spacial score (nSPS) is 10.3. The van der Waals surface area contributed by atoms with E-state index in [0.29, 0.717) is 16.6 Å². The number of anilines is 1. The van der Waals surface area contributed by atoms with Crippen molar-refractivity contribution in [1.29, 1.82) is 0 Å². The zero-order valence-corrected chi connectivity index (χ0v) is 12.6. The highest BCUT2D eigenvalue weighted by atomic mass is 16.5. The van der Waals surface area contributed by atoms with Gasteiger partial charge in [-0.15, -0.1) is 0 Å². The quantitative estimate of drug-likeness (QED) is 0.765. The van der Waals surface area contributed by atoms with E-state index in [-0.39, 0.29) is 12.2 Å². The van der Waals surface area contributed by atoms with E-state index in [2.05, 4.69) is 10.3 Å². The highest BCUT2D eigenvalue weighted by Crippen LogP contribution is 2.22. The first kappa shape index (κ1) is 15.5. The predicted octanol–water partition coefficient (Wildman–Crippen LogP) is 3.68. The number of carboxylic acids is 1. The lowest BCUT2D eigenvalue weighted by Gasteiger charge is -2.09. The van der Waals surface area contributed by atoms with Gasteiger partial charge in [-0.05, 0) is 17.7 Å². The number of rotatable bonds is 4. The first-order valence-electron chi connectivity index (χ1n) is 7.23. The predicted molar refractivity (Wildman–Crippen MR) is 89.0 cm³/mol. The fourth-order valence-corrected chi connectivity index (χ4v) is 2.25. The number of carboxylic acid groups (broad SMARTS) is 1. The number of hydrogen-bond donors (Lipinski definition) is 2. The SMILES string of the molecule is O=C(Nc1cccc2cc(C(=O)O)cnc12)OCc1ccccc1. The fourth-order valence-electron chi connectivity index (χ4n) is 2.25. The molecule has 0 radical (unpaired) electrons. The Hall–Kier alpha value is -3.41. The first-order chi connectivity index (χ1) is 11.6. The Balaban J connectivity index is 1.74. The second-order valence-electron chi connectivity index (χ2n) is 5.09. The van der Waals surface area contributed by atoms with Crippen LogP contribution in [0.2, 0.25) is 0 Å². The van der Waals surface area contributed by atoms with E-state index in [1.807, 2.05) is 30.3 Å². The maximum atomic E-state index is 11.9. The summed E-state index contributed by atoms with van der Waals surface area (Å²) in [7, 11) is 0. The van der Waals surface area contributed by atoms with Gasteiger partial charge >= 0.3 is 12.1 Å². The molecule has 3 rings (SSSR count). The molecular weight excluding hydrogens is 308 g/mol. The Morgan fingerprint density at radius 2 is 1.88 bits per heavy atom. The Morgan fingerprint density at radius 3 is 2.62 bits per heavy atom. The Labute approximate surface area is 137 Å². The average molecular weight is 322 g/mol. The van der Waals surface area contributed by atoms with Crippen LogP contribution in [-0.4, -0.2) is 22.2 Å². The van der Waals surface area contributed by atoms with Crippen molar-refractivity contribution in [2.75, 3.05) is 5.32 Å². The van der Waals surface area contributed by atoms with Crippen LogP contribution < -0.4 is 5.32 Å². The summed E-state index contributed by atoms with van der Waals surface area (Å²) in [4.78, 5) is 27.1. The Kier molecular flexibility index (Phi) is 4.38. The summed E-state index contributed by atoms with van der Waals surface area (Å²) in [5, 5.41) is 12.3. The van der Waals surface area contributed by atoms with E-state index in [1.165, 1.54) is 12.3 Å². The van der Waals surface area contributed by atoms with Crippen molar-refractivity contribution >= 4 is 28.7 Å². The molecular formula is C18H14N2O4. The van der Waals surface area contributed by atoms with Gasteiger partial charge in [-0.3, -0.25) is 10.3 Å². The second-order valence-corrected chi connectivity index (χ2v) is 5.09. The van der Waals surface area contributed by atoms with Crippen molar-refractivity contribution in [3.8, 4) is 0 Å². The minimum Gasteiger partial charge on any atom is -0.478 e. The van der Waals surface area contributed by atoms with Gasteiger partial charge in [0.25, 0.3) is 0 Å². The number of para-hydroxylation sites is 1. The topological polar surface area (TPSA) is 88.5 Å². The molecule has 0 spiro atoms. The molecule has 0 saturated heterocycles. The molecule has 2 N–H and O–H groups in total. The lowest BCUT2D eigenvalue weighted by atomic mass is 10.1. The largest absolute Gasteiger partial charge is 0.478 e. The van der Waals surface area contributed by atoms with Crippen LogP contribution in [0, 0.1) is 0 Å². The van der Waals surface area contributed by atoms with Gasteiger partial charge in [-0.2, -0.15) is 0 Å². The van der Waals surface area contributed by atoms with Gasteiger partial charge < -0.3 is 9.84 Å². The molecule has 1 heterocycles. The third-order valence-electron chi connectivity index (χ3n) is 3.41. The molecule has 0 aliphatic heterocycles. The van der Waals surface area contributed by atoms with Crippen LogP contribution in [-0.2, 0) is 11.3 Å². The van der Waals surface area contributed by atoms with Gasteiger partial charge in [0.1, 0.15) is 6.61 Å². The summed E-state index contributed by atoms with van der Waals surface area (Å²) in [5.74, 6) is -1.05. The molecule has 120 valence electrons. The summed E-state index contributed by atoms with van der Waals surface area (Å²) in [6.07, 6.45) is 0.654. The van der Waals surface area contributed by atoms with E-state index in [0.717, 1.165) is 5.56 Å². The summed E-state index contributed by atoms with van der Waals surface area (Å²) < 4.78 is 5.17. The number of aromatic nitrogens is 1. The molecule has 0 fully saturated rings. The standard InChI is InChI=1S/C18H14N2O4/c21-17(22)14-9-13-7-4-8-15(16(13)19-10-14)20-18(23)24-11-12-5-2-1-3-6-12/h1-10H,11H2,(H,20,23)(H,21,22). The molecule has 24 heavy (non-hydrogen) atoms. The molecule has 0 atom stereocenters.